The van der Waals surface area contributed by atoms with Gasteiger partial charge in [0.2, 0.25) is 16.7 Å². The van der Waals surface area contributed by atoms with Crippen molar-refractivity contribution in [2.24, 2.45) is 0 Å². The van der Waals surface area contributed by atoms with Crippen molar-refractivity contribution in [1.29, 1.82) is 0 Å². The standard InChI is InChI=1S/C39H56N2O23S/c1-17(42)40-30-26(57-21(5)46)13-38(36(51)53-10,63-34(30)32(60-24(8)49)28(59-23(7)48)15-55-19(3)44)62-29(16-56-20(4)45)33(61-25(9)50)35-31(41-18(2)43)27(58-22(6)47)14-39(64-35,65-12)37(52)54-11/h26-35H,13-16H2,1-12H3,(H,40,42)(H,41,43)/t26-,27-,28+,29+,30+,31+,32+,33+,34+,35+,38+,39+/m0/s1. The van der Waals surface area contributed by atoms with Crippen molar-refractivity contribution in [3.8, 4) is 0 Å². The van der Waals surface area contributed by atoms with Gasteiger partial charge >= 0.3 is 53.7 Å². The highest BCUT2D eigenvalue weighted by molar-refractivity contribution is 8.00. The van der Waals surface area contributed by atoms with Gasteiger partial charge in [0.15, 0.2) is 18.3 Å². The van der Waals surface area contributed by atoms with Crippen LogP contribution in [-0.4, -0.2) is 171 Å². The molecule has 0 radical (unpaired) electrons. The molecular formula is C39H56N2O23S. The summed E-state index contributed by atoms with van der Waals surface area (Å²) in [6.07, 6.45) is -14.9. The lowest BCUT2D eigenvalue weighted by molar-refractivity contribution is -0.338. The van der Waals surface area contributed by atoms with Crippen molar-refractivity contribution >= 4 is 77.3 Å². The maximum atomic E-state index is 14.4. The molecule has 0 aliphatic carbocycles. The number of thioether (sulfide) groups is 1. The molecule has 0 aromatic rings. The van der Waals surface area contributed by atoms with E-state index in [9.17, 15) is 52.7 Å². The minimum Gasteiger partial charge on any atom is -0.466 e. The van der Waals surface area contributed by atoms with E-state index in [-0.39, 0.29) is 0 Å². The molecule has 0 aromatic heterocycles. The number of ether oxygens (including phenoxy) is 12. The molecule has 366 valence electrons. The van der Waals surface area contributed by atoms with Crippen molar-refractivity contribution in [3.05, 3.63) is 0 Å². The van der Waals surface area contributed by atoms with Gasteiger partial charge in [-0.2, -0.15) is 0 Å². The Kier molecular flexibility index (Phi) is 21.0. The maximum Gasteiger partial charge on any atom is 0.366 e. The fourth-order valence-electron chi connectivity index (χ4n) is 7.16. The largest absolute Gasteiger partial charge is 0.466 e. The Morgan fingerprint density at radius 3 is 1.35 bits per heavy atom. The van der Waals surface area contributed by atoms with Gasteiger partial charge in [-0.05, 0) is 6.26 Å². The summed E-state index contributed by atoms with van der Waals surface area (Å²) in [5.74, 6) is -14.0. The Labute approximate surface area is 377 Å². The fraction of sp³-hybridized carbons (Fsp3) is 0.718. The second kappa shape index (κ2) is 24.6. The van der Waals surface area contributed by atoms with E-state index in [1.54, 1.807) is 0 Å². The number of esters is 9. The molecular weight excluding hydrogens is 896 g/mol. The number of rotatable bonds is 20. The number of hydrogen-bond donors (Lipinski definition) is 2. The van der Waals surface area contributed by atoms with E-state index in [1.807, 2.05) is 0 Å². The third kappa shape index (κ3) is 15.8. The molecule has 0 aromatic carbocycles. The first kappa shape index (κ1) is 55.5. The topological polar surface area (TPSA) is 323 Å². The van der Waals surface area contributed by atoms with E-state index in [1.165, 1.54) is 6.26 Å². The van der Waals surface area contributed by atoms with Crippen molar-refractivity contribution in [2.45, 2.75) is 147 Å². The lowest BCUT2D eigenvalue weighted by Gasteiger charge is -2.51. The summed E-state index contributed by atoms with van der Waals surface area (Å²) < 4.78 is 67.8. The van der Waals surface area contributed by atoms with Gasteiger partial charge in [0.05, 0.1) is 32.7 Å². The smallest absolute Gasteiger partial charge is 0.366 e. The maximum absolute atomic E-state index is 14.4. The van der Waals surface area contributed by atoms with Crippen LogP contribution >= 0.6 is 11.8 Å². The van der Waals surface area contributed by atoms with Crippen LogP contribution in [0.15, 0.2) is 0 Å². The highest BCUT2D eigenvalue weighted by Crippen LogP contribution is 2.43. The van der Waals surface area contributed by atoms with Crippen molar-refractivity contribution in [2.75, 3.05) is 33.7 Å². The minimum atomic E-state index is -3.01. The van der Waals surface area contributed by atoms with Crippen LogP contribution in [0.25, 0.3) is 0 Å². The monoisotopic (exact) mass is 952 g/mol. The van der Waals surface area contributed by atoms with Gasteiger partial charge in [-0.3, -0.25) is 43.2 Å². The first-order chi connectivity index (χ1) is 30.2. The molecule has 2 saturated heterocycles. The summed E-state index contributed by atoms with van der Waals surface area (Å²) in [7, 11) is 1.90. The number of nitrogens with one attached hydrogen (secondary N) is 2. The highest BCUT2D eigenvalue weighted by Gasteiger charge is 2.63. The summed E-state index contributed by atoms with van der Waals surface area (Å²) in [5, 5.41) is 5.07. The lowest BCUT2D eigenvalue weighted by atomic mass is 9.87. The average molecular weight is 953 g/mol. The molecule has 0 bridgehead atoms. The number of hydrogen-bond acceptors (Lipinski definition) is 24. The molecule has 2 aliphatic rings. The first-order valence-corrected chi connectivity index (χ1v) is 20.9. The molecule has 2 heterocycles. The van der Waals surface area contributed by atoms with Crippen molar-refractivity contribution < 1.29 is 110 Å². The Morgan fingerprint density at radius 2 is 0.969 bits per heavy atom. The van der Waals surface area contributed by atoms with Crippen molar-refractivity contribution in [3.63, 3.8) is 0 Å². The molecule has 0 unspecified atom stereocenters. The number of amides is 2. The predicted octanol–water partition coefficient (Wildman–Crippen LogP) is -1.15. The van der Waals surface area contributed by atoms with Crippen LogP contribution in [-0.2, 0) is 110 Å². The zero-order chi connectivity index (χ0) is 49.6. The zero-order valence-corrected chi connectivity index (χ0v) is 38.7. The third-order valence-corrected chi connectivity index (χ3v) is 10.4. The van der Waals surface area contributed by atoms with Crippen LogP contribution in [0.1, 0.15) is 75.2 Å². The lowest BCUT2D eigenvalue weighted by Crippen LogP contribution is -2.71. The van der Waals surface area contributed by atoms with Crippen LogP contribution in [0.3, 0.4) is 0 Å². The van der Waals surface area contributed by atoms with Gasteiger partial charge in [-0.25, -0.2) is 9.59 Å². The van der Waals surface area contributed by atoms with E-state index in [4.69, 9.17) is 56.8 Å². The normalized spacial score (nSPS) is 26.7. The van der Waals surface area contributed by atoms with Crippen LogP contribution in [0.4, 0.5) is 0 Å². The Hall–Kier alpha value is -5.60. The Balaban J connectivity index is 3.17. The molecule has 2 aliphatic heterocycles. The van der Waals surface area contributed by atoms with Crippen LogP contribution in [0.2, 0.25) is 0 Å². The number of carbonyl (C=O) groups is 11. The third-order valence-electron chi connectivity index (χ3n) is 9.34. The van der Waals surface area contributed by atoms with Crippen LogP contribution in [0.5, 0.6) is 0 Å². The molecule has 0 saturated carbocycles. The van der Waals surface area contributed by atoms with Gasteiger partial charge in [0.1, 0.15) is 43.7 Å². The fourth-order valence-corrected chi connectivity index (χ4v) is 7.95. The van der Waals surface area contributed by atoms with Crippen LogP contribution < -0.4 is 10.6 Å². The quantitative estimate of drug-likeness (QED) is 0.107. The predicted molar refractivity (Wildman–Crippen MR) is 213 cm³/mol. The number of methoxy groups -OCH3 is 2. The molecule has 2 fully saturated rings. The molecule has 26 heteroatoms. The Bertz CT molecular complexity index is 1810. The van der Waals surface area contributed by atoms with Gasteiger partial charge in [0, 0.05) is 68.7 Å². The van der Waals surface area contributed by atoms with Gasteiger partial charge in [-0.1, -0.05) is 0 Å². The summed E-state index contributed by atoms with van der Waals surface area (Å²) in [5.41, 5.74) is 0. The molecule has 25 nitrogen and oxygen atoms in total. The van der Waals surface area contributed by atoms with E-state index >= 15 is 0 Å². The number of carbonyl (C=O) groups excluding carboxylic acids is 11. The van der Waals surface area contributed by atoms with Crippen LogP contribution in [0, 0.1) is 0 Å². The minimum absolute atomic E-state index is 0.454. The Morgan fingerprint density at radius 1 is 0.554 bits per heavy atom. The molecule has 2 amide bonds. The summed E-state index contributed by atoms with van der Waals surface area (Å²) in [6.45, 7) is 7.11. The van der Waals surface area contributed by atoms with E-state index in [2.05, 4.69) is 10.6 Å². The summed E-state index contributed by atoms with van der Waals surface area (Å²) in [6, 6.07) is -3.16. The zero-order valence-electron chi connectivity index (χ0n) is 37.9. The second-order valence-corrected chi connectivity index (χ2v) is 15.6. The highest BCUT2D eigenvalue weighted by atomic mass is 32.2. The molecule has 2 N–H and O–H groups in total. The van der Waals surface area contributed by atoms with Gasteiger partial charge in [0.25, 0.3) is 5.79 Å². The van der Waals surface area contributed by atoms with E-state index in [0.29, 0.717) is 0 Å². The average Bonchev–Trinajstić information content (AvgIpc) is 3.19. The van der Waals surface area contributed by atoms with E-state index in [0.717, 1.165) is 88.3 Å². The molecule has 65 heavy (non-hydrogen) atoms. The summed E-state index contributed by atoms with van der Waals surface area (Å²) in [4.78, 5) is 139. The first-order valence-electron chi connectivity index (χ1n) is 19.7. The van der Waals surface area contributed by atoms with Gasteiger partial charge in [-0.15, -0.1) is 11.8 Å². The SMILES string of the molecule is COC(=O)[C@@]1(O[C@H](COC(C)=O)[C@@H](OC(C)=O)[C@@H]2O[C@](SC)(C(=O)OC)C[C@H](OC(C)=O)[C@H]2NC(C)=O)C[C@H](OC(C)=O)[C@@H](NC(C)=O)[C@H]([C@H](OC(C)=O)[C@@H](COC(C)=O)OC(C)=O)O1. The molecule has 2 rings (SSSR count). The second-order valence-electron chi connectivity index (χ2n) is 14.6. The summed E-state index contributed by atoms with van der Waals surface area (Å²) >= 11 is 0.765. The van der Waals surface area contributed by atoms with Crippen molar-refractivity contribution in [1.82, 2.24) is 10.6 Å². The van der Waals surface area contributed by atoms with Gasteiger partial charge < -0.3 is 67.5 Å². The molecule has 0 spiro atoms. The molecule has 12 atom stereocenters. The van der Waals surface area contributed by atoms with E-state index < -0.39 is 163 Å².